The summed E-state index contributed by atoms with van der Waals surface area (Å²) < 4.78 is 119. The SMILES string of the molecule is O=C(Sc1cc(C(F)(F)F)cc(C(F)(F)F)c1)c1cnn(-c2ccccc2)c1C(F)(F)F. The number of nitrogens with zero attached hydrogens (tertiary/aromatic N) is 2. The molecule has 0 amide bonds. The molecule has 2 aromatic carbocycles. The maximum Gasteiger partial charge on any atom is 0.434 e. The Balaban J connectivity index is 2.06. The molecular weight excluding hydrogens is 475 g/mol. The Bertz CT molecular complexity index is 1100. The van der Waals surface area contributed by atoms with Gasteiger partial charge in [-0.15, -0.1) is 0 Å². The minimum Gasteiger partial charge on any atom is -0.281 e. The van der Waals surface area contributed by atoms with Gasteiger partial charge >= 0.3 is 18.5 Å². The average Bonchev–Trinajstić information content (AvgIpc) is 3.13. The lowest BCUT2D eigenvalue weighted by atomic mass is 10.1. The Morgan fingerprint density at radius 2 is 1.31 bits per heavy atom. The van der Waals surface area contributed by atoms with E-state index in [0.29, 0.717) is 10.9 Å². The maximum atomic E-state index is 13.6. The van der Waals surface area contributed by atoms with E-state index in [1.165, 1.54) is 30.3 Å². The molecule has 3 rings (SSSR count). The van der Waals surface area contributed by atoms with Crippen molar-refractivity contribution in [3.05, 3.63) is 77.1 Å². The molecule has 0 aliphatic rings. The lowest BCUT2D eigenvalue weighted by Gasteiger charge is -2.14. The number of rotatable bonds is 3. The molecular formula is C19H9F9N2OS. The molecule has 1 aromatic heterocycles. The van der Waals surface area contributed by atoms with Crippen LogP contribution in [0.2, 0.25) is 0 Å². The Morgan fingerprint density at radius 1 is 0.781 bits per heavy atom. The first-order valence-electron chi connectivity index (χ1n) is 8.40. The van der Waals surface area contributed by atoms with Gasteiger partial charge in [0.05, 0.1) is 28.6 Å². The molecule has 0 atom stereocenters. The number of hydrogen-bond donors (Lipinski definition) is 0. The number of aromatic nitrogens is 2. The smallest absolute Gasteiger partial charge is 0.281 e. The van der Waals surface area contributed by atoms with Gasteiger partial charge in [-0.2, -0.15) is 44.6 Å². The molecule has 0 aliphatic carbocycles. The van der Waals surface area contributed by atoms with Crippen molar-refractivity contribution in [3.63, 3.8) is 0 Å². The van der Waals surface area contributed by atoms with E-state index in [1.54, 1.807) is 0 Å². The lowest BCUT2D eigenvalue weighted by Crippen LogP contribution is -2.17. The molecule has 0 aliphatic heterocycles. The monoisotopic (exact) mass is 484 g/mol. The van der Waals surface area contributed by atoms with Crippen LogP contribution < -0.4 is 0 Å². The fraction of sp³-hybridized carbons (Fsp3) is 0.158. The first-order valence-corrected chi connectivity index (χ1v) is 9.22. The topological polar surface area (TPSA) is 34.9 Å². The fourth-order valence-electron chi connectivity index (χ4n) is 2.68. The molecule has 3 nitrogen and oxygen atoms in total. The fourth-order valence-corrected chi connectivity index (χ4v) is 3.53. The van der Waals surface area contributed by atoms with Crippen LogP contribution in [0.4, 0.5) is 39.5 Å². The Hall–Kier alpha value is -2.96. The van der Waals surface area contributed by atoms with Gasteiger partial charge in [-0.05, 0) is 42.1 Å². The van der Waals surface area contributed by atoms with Gasteiger partial charge in [0, 0.05) is 4.90 Å². The second-order valence-corrected chi connectivity index (χ2v) is 7.33. The third kappa shape index (κ3) is 5.09. The normalized spacial score (nSPS) is 12.8. The number of carbonyl (C=O) groups is 1. The first kappa shape index (κ1) is 23.7. The highest BCUT2D eigenvalue weighted by Gasteiger charge is 2.41. The van der Waals surface area contributed by atoms with Crippen LogP contribution in [0.5, 0.6) is 0 Å². The van der Waals surface area contributed by atoms with E-state index < -0.39 is 50.9 Å². The molecule has 1 heterocycles. The van der Waals surface area contributed by atoms with Crippen LogP contribution in [-0.2, 0) is 18.5 Å². The summed E-state index contributed by atoms with van der Waals surface area (Å²) in [6.07, 6.45) is -14.9. The minimum atomic E-state index is -5.17. The maximum absolute atomic E-state index is 13.6. The number of para-hydroxylation sites is 1. The van der Waals surface area contributed by atoms with E-state index >= 15 is 0 Å². The Kier molecular flexibility index (Phi) is 6.06. The zero-order valence-electron chi connectivity index (χ0n) is 15.3. The van der Waals surface area contributed by atoms with Crippen molar-refractivity contribution in [1.82, 2.24) is 9.78 Å². The number of benzene rings is 2. The van der Waals surface area contributed by atoms with Gasteiger partial charge in [-0.25, -0.2) is 4.68 Å². The molecule has 32 heavy (non-hydrogen) atoms. The van der Waals surface area contributed by atoms with Crippen molar-refractivity contribution in [1.29, 1.82) is 0 Å². The molecule has 0 radical (unpaired) electrons. The van der Waals surface area contributed by atoms with E-state index in [2.05, 4.69) is 5.10 Å². The number of hydrogen-bond acceptors (Lipinski definition) is 3. The molecule has 0 N–H and O–H groups in total. The number of alkyl halides is 9. The zero-order valence-corrected chi connectivity index (χ0v) is 16.1. The van der Waals surface area contributed by atoms with Crippen molar-refractivity contribution in [2.75, 3.05) is 0 Å². The highest BCUT2D eigenvalue weighted by molar-refractivity contribution is 8.14. The van der Waals surface area contributed by atoms with Gasteiger partial charge in [0.25, 0.3) is 0 Å². The predicted octanol–water partition coefficient (Wildman–Crippen LogP) is 6.86. The average molecular weight is 484 g/mol. The van der Waals surface area contributed by atoms with Crippen LogP contribution in [-0.4, -0.2) is 14.9 Å². The second-order valence-electron chi connectivity index (χ2n) is 6.28. The highest BCUT2D eigenvalue weighted by Crippen LogP contribution is 2.40. The molecule has 0 spiro atoms. The lowest BCUT2D eigenvalue weighted by molar-refractivity contribution is -0.144. The van der Waals surface area contributed by atoms with E-state index in [-0.39, 0.29) is 35.6 Å². The highest BCUT2D eigenvalue weighted by atomic mass is 32.2. The standard InChI is InChI=1S/C19H9F9N2OS/c20-17(21,22)10-6-11(18(23,24)25)8-13(7-10)32-16(31)14-9-29-30(15(14)19(26,27)28)12-4-2-1-3-5-12/h1-9H. The van der Waals surface area contributed by atoms with Gasteiger partial charge in [0.2, 0.25) is 5.12 Å². The molecule has 13 heteroatoms. The molecule has 170 valence electrons. The Labute approximate surface area is 177 Å². The van der Waals surface area contributed by atoms with E-state index in [4.69, 9.17) is 0 Å². The molecule has 3 aromatic rings. The summed E-state index contributed by atoms with van der Waals surface area (Å²) in [4.78, 5) is 11.7. The summed E-state index contributed by atoms with van der Waals surface area (Å²) >= 11 is -0.196. The third-order valence-corrected chi connectivity index (χ3v) is 4.91. The van der Waals surface area contributed by atoms with Crippen LogP contribution in [0.3, 0.4) is 0 Å². The first-order chi connectivity index (χ1) is 14.7. The largest absolute Gasteiger partial charge is 0.434 e. The van der Waals surface area contributed by atoms with Crippen LogP contribution in [0.25, 0.3) is 5.69 Å². The number of thioether (sulfide) groups is 1. The van der Waals surface area contributed by atoms with Gasteiger partial charge < -0.3 is 0 Å². The summed E-state index contributed by atoms with van der Waals surface area (Å²) in [7, 11) is 0. The minimum absolute atomic E-state index is 0.0534. The van der Waals surface area contributed by atoms with Gasteiger partial charge in [0.15, 0.2) is 5.69 Å². The van der Waals surface area contributed by atoms with Crippen LogP contribution in [0.15, 0.2) is 59.6 Å². The van der Waals surface area contributed by atoms with Crippen LogP contribution >= 0.6 is 11.8 Å². The van der Waals surface area contributed by atoms with Crippen molar-refractivity contribution in [2.24, 2.45) is 0 Å². The predicted molar refractivity (Wildman–Crippen MR) is 95.2 cm³/mol. The van der Waals surface area contributed by atoms with Gasteiger partial charge in [0.1, 0.15) is 0 Å². The van der Waals surface area contributed by atoms with E-state index in [1.807, 2.05) is 0 Å². The zero-order chi connectivity index (χ0) is 23.9. The molecule has 0 bridgehead atoms. The van der Waals surface area contributed by atoms with Crippen molar-refractivity contribution in [3.8, 4) is 5.69 Å². The van der Waals surface area contributed by atoms with E-state index in [9.17, 15) is 44.3 Å². The summed E-state index contributed by atoms with van der Waals surface area (Å²) in [5.74, 6) is 0. The van der Waals surface area contributed by atoms with Crippen LogP contribution in [0, 0.1) is 0 Å². The molecule has 0 saturated carbocycles. The summed E-state index contributed by atoms with van der Waals surface area (Å²) in [5.41, 5.74) is -5.97. The number of carbonyl (C=O) groups excluding carboxylic acids is 1. The van der Waals surface area contributed by atoms with Gasteiger partial charge in [-0.1, -0.05) is 18.2 Å². The number of halogens is 9. The molecule has 0 saturated heterocycles. The van der Waals surface area contributed by atoms with Crippen LogP contribution in [0.1, 0.15) is 27.2 Å². The molecule has 0 unspecified atom stereocenters. The third-order valence-electron chi connectivity index (χ3n) is 4.03. The van der Waals surface area contributed by atoms with Crippen molar-refractivity contribution >= 4 is 16.9 Å². The second kappa shape index (κ2) is 8.19. The summed E-state index contributed by atoms with van der Waals surface area (Å²) in [6.45, 7) is 0. The van der Waals surface area contributed by atoms with Crippen molar-refractivity contribution < 1.29 is 44.3 Å². The molecule has 0 fully saturated rings. The van der Waals surface area contributed by atoms with Crippen molar-refractivity contribution in [2.45, 2.75) is 23.4 Å². The summed E-state index contributed by atoms with van der Waals surface area (Å²) in [6, 6.07) is 7.25. The quantitative estimate of drug-likeness (QED) is 0.301. The summed E-state index contributed by atoms with van der Waals surface area (Å²) in [5, 5.41) is 2.11. The Morgan fingerprint density at radius 3 is 1.78 bits per heavy atom. The van der Waals surface area contributed by atoms with E-state index in [0.717, 1.165) is 0 Å². The van der Waals surface area contributed by atoms with Gasteiger partial charge in [-0.3, -0.25) is 4.79 Å².